The lowest BCUT2D eigenvalue weighted by Crippen LogP contribution is -2.60. The van der Waals surface area contributed by atoms with Gasteiger partial charge < -0.3 is 20.4 Å². The van der Waals surface area contributed by atoms with Gasteiger partial charge in [0.25, 0.3) is 0 Å². The highest BCUT2D eigenvalue weighted by molar-refractivity contribution is 6.58. The van der Waals surface area contributed by atoms with Crippen molar-refractivity contribution in [1.29, 1.82) is 0 Å². The number of likely N-dealkylation sites (tertiary alicyclic amines) is 1. The highest BCUT2D eigenvalue weighted by Gasteiger charge is 2.42. The lowest BCUT2D eigenvalue weighted by molar-refractivity contribution is -0.337. The van der Waals surface area contributed by atoms with Crippen LogP contribution in [0, 0.1) is 11.8 Å². The van der Waals surface area contributed by atoms with Crippen molar-refractivity contribution in [2.24, 2.45) is 11.8 Å². The highest BCUT2D eigenvalue weighted by atomic mass is 19.2. The zero-order valence-electron chi connectivity index (χ0n) is 24.0. The molecule has 0 spiro atoms. The van der Waals surface area contributed by atoms with Crippen molar-refractivity contribution in [3.63, 3.8) is 0 Å². The van der Waals surface area contributed by atoms with Crippen molar-refractivity contribution in [1.82, 2.24) is 25.7 Å². The van der Waals surface area contributed by atoms with E-state index in [0.29, 0.717) is 32.4 Å². The number of amides is 3. The van der Waals surface area contributed by atoms with Crippen LogP contribution < -0.4 is 10.6 Å². The van der Waals surface area contributed by atoms with E-state index in [0.717, 1.165) is 32.1 Å². The van der Waals surface area contributed by atoms with Gasteiger partial charge in [-0.15, -0.1) is 4.48 Å². The smallest absolute Gasteiger partial charge is 0.315 e. The van der Waals surface area contributed by atoms with E-state index in [1.54, 1.807) is 0 Å². The first-order chi connectivity index (χ1) is 17.4. The minimum Gasteiger partial charge on any atom is -0.341 e. The topological polar surface area (TPSA) is 94.2 Å². The van der Waals surface area contributed by atoms with E-state index in [1.807, 2.05) is 32.8 Å². The molecular weight excluding hydrogens is 476 g/mol. The number of urea groups is 1. The molecule has 0 aromatic rings. The van der Waals surface area contributed by atoms with Crippen LogP contribution in [0.5, 0.6) is 0 Å². The summed E-state index contributed by atoms with van der Waals surface area (Å²) in [5, 5.41) is 6.21. The maximum absolute atomic E-state index is 15.3. The van der Waals surface area contributed by atoms with Crippen LogP contribution >= 0.6 is 0 Å². The van der Waals surface area contributed by atoms with E-state index in [1.165, 1.54) is 11.8 Å². The summed E-state index contributed by atoms with van der Waals surface area (Å²) in [7, 11) is 3.92. The lowest BCUT2D eigenvalue weighted by Gasteiger charge is -2.36. The summed E-state index contributed by atoms with van der Waals surface area (Å²) in [5.74, 6) is -0.449. The second kappa shape index (κ2) is 15.0. The Morgan fingerprint density at radius 3 is 2.24 bits per heavy atom. The molecule has 4 atom stereocenters. The molecule has 2 fully saturated rings. The summed E-state index contributed by atoms with van der Waals surface area (Å²) in [5.41, 5.74) is 0. The van der Waals surface area contributed by atoms with Gasteiger partial charge in [-0.05, 0) is 65.0 Å². The van der Waals surface area contributed by atoms with Gasteiger partial charge in [0.1, 0.15) is 18.3 Å². The van der Waals surface area contributed by atoms with Crippen molar-refractivity contribution >= 4 is 24.4 Å². The molecule has 9 nitrogen and oxygen atoms in total. The minimum atomic E-state index is -0.922. The molecule has 4 unspecified atom stereocenters. The SMILES string of the molecule is CB(C)C(CN(C)C)NC(=O)NC(C(=O)N1CCCC1N(F)OC(CC(C)C)C(C)=O)C1CCCCC1. The van der Waals surface area contributed by atoms with E-state index in [2.05, 4.69) is 24.3 Å². The van der Waals surface area contributed by atoms with Crippen LogP contribution in [0.1, 0.15) is 72.1 Å². The van der Waals surface area contributed by atoms with Gasteiger partial charge in [-0.1, -0.05) is 46.8 Å². The van der Waals surface area contributed by atoms with Crippen LogP contribution in [-0.2, 0) is 14.4 Å². The predicted molar refractivity (Wildman–Crippen MR) is 145 cm³/mol. The Bertz CT molecular complexity index is 750. The molecule has 0 aromatic heterocycles. The Labute approximate surface area is 223 Å². The Balaban J connectivity index is 2.17. The van der Waals surface area contributed by atoms with Crippen LogP contribution in [0.25, 0.3) is 0 Å². The van der Waals surface area contributed by atoms with E-state index in [-0.39, 0.29) is 47.5 Å². The first-order valence-corrected chi connectivity index (χ1v) is 14.0. The first-order valence-electron chi connectivity index (χ1n) is 14.0. The second-order valence-corrected chi connectivity index (χ2v) is 11.9. The molecule has 0 radical (unpaired) electrons. The number of hydroxylamine groups is 1. The van der Waals surface area contributed by atoms with Gasteiger partial charge in [-0.25, -0.2) is 4.79 Å². The van der Waals surface area contributed by atoms with Crippen LogP contribution in [0.15, 0.2) is 0 Å². The van der Waals surface area contributed by atoms with Gasteiger partial charge in [0.05, 0.1) is 0 Å². The summed E-state index contributed by atoms with van der Waals surface area (Å²) in [6, 6.07) is -1.11. The third-order valence-corrected chi connectivity index (χ3v) is 7.46. The van der Waals surface area contributed by atoms with Gasteiger partial charge in [0, 0.05) is 24.3 Å². The molecular formula is C26H49BFN5O4. The molecule has 11 heteroatoms. The van der Waals surface area contributed by atoms with Gasteiger partial charge in [0.2, 0.25) is 5.91 Å². The molecule has 1 aliphatic carbocycles. The first kappa shape index (κ1) is 31.5. The number of nitrogens with one attached hydrogen (secondary N) is 2. The van der Waals surface area contributed by atoms with E-state index in [9.17, 15) is 14.4 Å². The zero-order valence-corrected chi connectivity index (χ0v) is 24.0. The monoisotopic (exact) mass is 525 g/mol. The van der Waals surface area contributed by atoms with Gasteiger partial charge in [-0.3, -0.25) is 14.4 Å². The zero-order chi connectivity index (χ0) is 27.7. The van der Waals surface area contributed by atoms with Crippen molar-refractivity contribution in [3.05, 3.63) is 0 Å². The number of Topliss-reactive ketones (excluding diaryl/α,β-unsaturated/α-hetero) is 1. The normalized spacial score (nSPS) is 21.3. The summed E-state index contributed by atoms with van der Waals surface area (Å²) in [6.07, 6.45) is 4.41. The molecule has 1 saturated carbocycles. The van der Waals surface area contributed by atoms with E-state index < -0.39 is 18.3 Å². The van der Waals surface area contributed by atoms with Crippen LogP contribution in [0.3, 0.4) is 0 Å². The molecule has 2 aliphatic rings. The molecule has 2 rings (SSSR count). The number of hydrogen-bond acceptors (Lipinski definition) is 6. The Morgan fingerprint density at radius 2 is 1.70 bits per heavy atom. The number of nitrogens with zero attached hydrogens (tertiary/aromatic N) is 3. The maximum atomic E-state index is 15.3. The van der Waals surface area contributed by atoms with Gasteiger partial charge in [0.15, 0.2) is 12.5 Å². The van der Waals surface area contributed by atoms with Crippen molar-refractivity contribution in [2.75, 3.05) is 27.2 Å². The Kier molecular flexibility index (Phi) is 12.8. The third kappa shape index (κ3) is 9.83. The third-order valence-electron chi connectivity index (χ3n) is 7.46. The Morgan fingerprint density at radius 1 is 1.05 bits per heavy atom. The number of ketones is 1. The molecule has 1 saturated heterocycles. The second-order valence-electron chi connectivity index (χ2n) is 11.9. The molecule has 0 aromatic carbocycles. The van der Waals surface area contributed by atoms with Crippen LogP contribution in [-0.4, -0.2) is 91.0 Å². The molecule has 37 heavy (non-hydrogen) atoms. The van der Waals surface area contributed by atoms with Crippen LogP contribution in [0.2, 0.25) is 13.6 Å². The quantitative estimate of drug-likeness (QED) is 0.217. The fourth-order valence-corrected chi connectivity index (χ4v) is 5.32. The summed E-state index contributed by atoms with van der Waals surface area (Å²) < 4.78 is 15.3. The van der Waals surface area contributed by atoms with E-state index in [4.69, 9.17) is 4.84 Å². The molecule has 3 amide bonds. The van der Waals surface area contributed by atoms with Gasteiger partial charge >= 0.3 is 6.03 Å². The average Bonchev–Trinajstić information content (AvgIpc) is 3.31. The van der Waals surface area contributed by atoms with Crippen molar-refractivity contribution in [2.45, 2.75) is 110 Å². The standard InChI is InChI=1S/C26H49BFN5O4/c1-18(2)16-21(19(3)34)37-33(28)23-14-11-15-32(23)25(35)24(20-12-9-8-10-13-20)30-26(36)29-22(27(4)5)17-31(6)7/h18,20-24H,8-17H2,1-7H3,(H2,29,30,36). The highest BCUT2D eigenvalue weighted by Crippen LogP contribution is 2.30. The van der Waals surface area contributed by atoms with Crippen molar-refractivity contribution < 1.29 is 23.7 Å². The van der Waals surface area contributed by atoms with Crippen molar-refractivity contribution in [3.8, 4) is 0 Å². The Hall–Kier alpha value is -1.72. The minimum absolute atomic E-state index is 0.000475. The molecule has 212 valence electrons. The molecule has 1 heterocycles. The fourth-order valence-electron chi connectivity index (χ4n) is 5.32. The van der Waals surface area contributed by atoms with Crippen LogP contribution in [0.4, 0.5) is 9.28 Å². The summed E-state index contributed by atoms with van der Waals surface area (Å²) >= 11 is 0. The number of rotatable bonds is 13. The number of likely N-dealkylation sites (N-methyl/N-ethyl adjacent to an activating group) is 1. The molecule has 0 bridgehead atoms. The molecule has 1 aliphatic heterocycles. The largest absolute Gasteiger partial charge is 0.341 e. The number of carbonyl (C=O) groups is 3. The maximum Gasteiger partial charge on any atom is 0.315 e. The summed E-state index contributed by atoms with van der Waals surface area (Å²) in [4.78, 5) is 47.9. The number of carbonyl (C=O) groups excluding carboxylic acids is 3. The average molecular weight is 526 g/mol. The predicted octanol–water partition coefficient (Wildman–Crippen LogP) is 3.53. The summed E-state index contributed by atoms with van der Waals surface area (Å²) in [6.45, 7) is 10.7. The van der Waals surface area contributed by atoms with E-state index >= 15 is 4.48 Å². The lowest BCUT2D eigenvalue weighted by atomic mass is 9.48. The number of halogens is 1. The molecule has 2 N–H and O–H groups in total. The fraction of sp³-hybridized carbons (Fsp3) is 0.885. The number of hydrogen-bond donors (Lipinski definition) is 2. The van der Waals surface area contributed by atoms with Gasteiger partial charge in [-0.2, -0.15) is 0 Å².